The van der Waals surface area contributed by atoms with Crippen LogP contribution in [0, 0.1) is 11.7 Å². The van der Waals surface area contributed by atoms with Gasteiger partial charge in [-0.15, -0.1) is 11.3 Å². The Morgan fingerprint density at radius 1 is 1.43 bits per heavy atom. The molecule has 3 rings (SSSR count). The van der Waals surface area contributed by atoms with Crippen molar-refractivity contribution in [1.82, 2.24) is 15.0 Å². The van der Waals surface area contributed by atoms with E-state index in [0.717, 1.165) is 49.3 Å². The number of nitrogens with one attached hydrogen (secondary N) is 2. The molecular weight excluding hydrogens is 427 g/mol. The number of nitrogens with zero attached hydrogens (tertiary/aromatic N) is 2. The Bertz CT molecular complexity index is 924. The third-order valence-electron chi connectivity index (χ3n) is 4.42. The first-order chi connectivity index (χ1) is 13.3. The van der Waals surface area contributed by atoms with Gasteiger partial charge >= 0.3 is 0 Å². The molecule has 11 heteroatoms. The maximum Gasteiger partial charge on any atom is 0.241 e. The van der Waals surface area contributed by atoms with Gasteiger partial charge in [-0.2, -0.15) is 0 Å². The van der Waals surface area contributed by atoms with Crippen LogP contribution in [-0.4, -0.2) is 45.5 Å². The van der Waals surface area contributed by atoms with Crippen molar-refractivity contribution < 1.29 is 17.6 Å². The summed E-state index contributed by atoms with van der Waals surface area (Å²) in [5.41, 5.74) is 0. The summed E-state index contributed by atoms with van der Waals surface area (Å²) in [6.07, 6.45) is 3.77. The Labute approximate surface area is 172 Å². The minimum Gasteiger partial charge on any atom is -0.355 e. The van der Waals surface area contributed by atoms with Crippen molar-refractivity contribution in [2.45, 2.75) is 17.7 Å². The highest BCUT2D eigenvalue weighted by molar-refractivity contribution is 7.89. The minimum atomic E-state index is -3.95. The highest BCUT2D eigenvalue weighted by atomic mass is 35.5. The molecule has 1 saturated heterocycles. The Morgan fingerprint density at radius 2 is 2.25 bits per heavy atom. The lowest BCUT2D eigenvalue weighted by atomic mass is 9.98. The summed E-state index contributed by atoms with van der Waals surface area (Å²) < 4.78 is 39.8. The largest absolute Gasteiger partial charge is 0.355 e. The molecule has 1 aliphatic heterocycles. The normalized spacial score (nSPS) is 17.5. The topological polar surface area (TPSA) is 91.4 Å². The molecule has 1 fully saturated rings. The standard InChI is InChI=1S/C17H20ClFN4O3S2/c18-14-8-13(3-4-15(14)19)28(25,26)22-10-16(24)21-9-12-2-1-6-23(11-12)17-20-5-7-27-17/h3-5,7-8,12,22H,1-2,6,9-11H2,(H,21,24). The zero-order chi connectivity index (χ0) is 20.1. The van der Waals surface area contributed by atoms with Gasteiger partial charge in [-0.1, -0.05) is 11.6 Å². The summed E-state index contributed by atoms with van der Waals surface area (Å²) in [6.45, 7) is 1.80. The van der Waals surface area contributed by atoms with Gasteiger partial charge in [-0.25, -0.2) is 22.5 Å². The van der Waals surface area contributed by atoms with E-state index in [1.165, 1.54) is 0 Å². The summed E-state index contributed by atoms with van der Waals surface area (Å²) in [4.78, 5) is 18.4. The number of piperidine rings is 1. The van der Waals surface area contributed by atoms with Crippen LogP contribution in [-0.2, 0) is 14.8 Å². The molecule has 1 aromatic carbocycles. The van der Waals surface area contributed by atoms with E-state index in [1.54, 1.807) is 17.5 Å². The van der Waals surface area contributed by atoms with E-state index >= 15 is 0 Å². The fourth-order valence-electron chi connectivity index (χ4n) is 2.99. The lowest BCUT2D eigenvalue weighted by molar-refractivity contribution is -0.120. The van der Waals surface area contributed by atoms with Gasteiger partial charge in [0.25, 0.3) is 0 Å². The van der Waals surface area contributed by atoms with Crippen molar-refractivity contribution in [3.05, 3.63) is 40.6 Å². The number of rotatable bonds is 7. The molecule has 28 heavy (non-hydrogen) atoms. The average Bonchev–Trinajstić information content (AvgIpc) is 3.22. The van der Waals surface area contributed by atoms with Crippen molar-refractivity contribution >= 4 is 44.0 Å². The maximum atomic E-state index is 13.2. The molecule has 1 atom stereocenters. The number of carbonyl (C=O) groups is 1. The highest BCUT2D eigenvalue weighted by Crippen LogP contribution is 2.24. The van der Waals surface area contributed by atoms with Crippen LogP contribution in [0.4, 0.5) is 9.52 Å². The number of amides is 1. The molecule has 0 saturated carbocycles. The molecule has 0 bridgehead atoms. The van der Waals surface area contributed by atoms with E-state index in [1.807, 2.05) is 5.38 Å². The molecule has 1 unspecified atom stereocenters. The predicted octanol–water partition coefficient (Wildman–Crippen LogP) is 2.25. The summed E-state index contributed by atoms with van der Waals surface area (Å²) in [5, 5.41) is 5.38. The fraction of sp³-hybridized carbons (Fsp3) is 0.412. The SMILES string of the molecule is O=C(CNS(=O)(=O)c1ccc(F)c(Cl)c1)NCC1CCCN(c2nccs2)C1. The van der Waals surface area contributed by atoms with Crippen LogP contribution in [0.1, 0.15) is 12.8 Å². The van der Waals surface area contributed by atoms with Gasteiger partial charge in [0.05, 0.1) is 16.5 Å². The van der Waals surface area contributed by atoms with Crippen LogP contribution in [0.5, 0.6) is 0 Å². The monoisotopic (exact) mass is 446 g/mol. The van der Waals surface area contributed by atoms with Crippen LogP contribution in [0.3, 0.4) is 0 Å². The van der Waals surface area contributed by atoms with Crippen LogP contribution in [0.25, 0.3) is 0 Å². The smallest absolute Gasteiger partial charge is 0.241 e. The maximum absolute atomic E-state index is 13.2. The molecule has 1 aliphatic rings. The molecule has 7 nitrogen and oxygen atoms in total. The highest BCUT2D eigenvalue weighted by Gasteiger charge is 2.22. The summed E-state index contributed by atoms with van der Waals surface area (Å²) in [7, 11) is -3.95. The second-order valence-corrected chi connectivity index (χ2v) is 9.52. The number of hydrogen-bond acceptors (Lipinski definition) is 6. The van der Waals surface area contributed by atoms with E-state index < -0.39 is 28.3 Å². The molecule has 1 amide bonds. The molecular formula is C17H20ClFN4O3S2. The van der Waals surface area contributed by atoms with Gasteiger partial charge in [0.2, 0.25) is 15.9 Å². The first kappa shape index (κ1) is 21.0. The summed E-state index contributed by atoms with van der Waals surface area (Å²) >= 11 is 7.20. The van der Waals surface area contributed by atoms with Gasteiger partial charge < -0.3 is 10.2 Å². The van der Waals surface area contributed by atoms with Crippen LogP contribution in [0.15, 0.2) is 34.7 Å². The van der Waals surface area contributed by atoms with Gasteiger partial charge in [0, 0.05) is 31.2 Å². The minimum absolute atomic E-state index is 0.196. The second kappa shape index (κ2) is 9.17. The van der Waals surface area contributed by atoms with Gasteiger partial charge in [0.15, 0.2) is 5.13 Å². The fourth-order valence-corrected chi connectivity index (χ4v) is 4.92. The Hall–Kier alpha value is -1.75. The van der Waals surface area contributed by atoms with Crippen LogP contribution < -0.4 is 14.9 Å². The van der Waals surface area contributed by atoms with E-state index in [2.05, 4.69) is 19.9 Å². The number of thiazole rings is 1. The number of benzene rings is 1. The van der Waals surface area contributed by atoms with Crippen LogP contribution in [0.2, 0.25) is 5.02 Å². The molecule has 2 aromatic rings. The van der Waals surface area contributed by atoms with E-state index in [9.17, 15) is 17.6 Å². The number of halogens is 2. The predicted molar refractivity (Wildman–Crippen MR) is 107 cm³/mol. The quantitative estimate of drug-likeness (QED) is 0.680. The van der Waals surface area contributed by atoms with Crippen LogP contribution >= 0.6 is 22.9 Å². The number of aromatic nitrogens is 1. The lowest BCUT2D eigenvalue weighted by Gasteiger charge is -2.32. The Morgan fingerprint density at radius 3 is 2.96 bits per heavy atom. The summed E-state index contributed by atoms with van der Waals surface area (Å²) in [5.74, 6) is -0.866. The summed E-state index contributed by atoms with van der Waals surface area (Å²) in [6, 6.07) is 3.07. The molecule has 0 aliphatic carbocycles. The van der Waals surface area contributed by atoms with Crippen molar-refractivity contribution in [2.24, 2.45) is 5.92 Å². The molecule has 2 N–H and O–H groups in total. The van der Waals surface area contributed by atoms with E-state index in [0.29, 0.717) is 6.54 Å². The van der Waals surface area contributed by atoms with E-state index in [4.69, 9.17) is 11.6 Å². The number of hydrogen-bond donors (Lipinski definition) is 2. The number of carbonyl (C=O) groups excluding carboxylic acids is 1. The Kier molecular flexibility index (Phi) is 6.86. The zero-order valence-corrected chi connectivity index (χ0v) is 17.3. The zero-order valence-electron chi connectivity index (χ0n) is 14.9. The Balaban J connectivity index is 1.47. The first-order valence-electron chi connectivity index (χ1n) is 8.71. The molecule has 0 radical (unpaired) electrons. The van der Waals surface area contributed by atoms with Crippen molar-refractivity contribution in [3.8, 4) is 0 Å². The van der Waals surface area contributed by atoms with Crippen molar-refractivity contribution in [1.29, 1.82) is 0 Å². The molecule has 0 spiro atoms. The van der Waals surface area contributed by atoms with Gasteiger partial charge in [-0.05, 0) is 37.0 Å². The number of anilines is 1. The average molecular weight is 447 g/mol. The third-order valence-corrected chi connectivity index (χ3v) is 6.94. The van der Waals surface area contributed by atoms with Crippen molar-refractivity contribution in [3.63, 3.8) is 0 Å². The van der Waals surface area contributed by atoms with Gasteiger partial charge in [-0.3, -0.25) is 4.79 Å². The van der Waals surface area contributed by atoms with E-state index in [-0.39, 0.29) is 15.8 Å². The number of sulfonamides is 1. The lowest BCUT2D eigenvalue weighted by Crippen LogP contribution is -2.43. The third kappa shape index (κ3) is 5.40. The molecule has 2 heterocycles. The second-order valence-electron chi connectivity index (χ2n) is 6.47. The van der Waals surface area contributed by atoms with Gasteiger partial charge in [0.1, 0.15) is 5.82 Å². The molecule has 152 valence electrons. The molecule has 1 aromatic heterocycles. The first-order valence-corrected chi connectivity index (χ1v) is 11.4. The van der Waals surface area contributed by atoms with Crippen molar-refractivity contribution in [2.75, 3.05) is 31.1 Å².